The maximum atomic E-state index is 11.1. The highest BCUT2D eigenvalue weighted by Crippen LogP contribution is 2.46. The van der Waals surface area contributed by atoms with Crippen LogP contribution in [0.5, 0.6) is 0 Å². The van der Waals surface area contributed by atoms with E-state index in [4.69, 9.17) is 4.74 Å². The predicted octanol–water partition coefficient (Wildman–Crippen LogP) is 5.88. The van der Waals surface area contributed by atoms with Crippen LogP contribution in [0.1, 0.15) is 82.6 Å². The molecule has 0 aliphatic carbocycles. The van der Waals surface area contributed by atoms with Gasteiger partial charge in [-0.3, -0.25) is 0 Å². The van der Waals surface area contributed by atoms with Crippen molar-refractivity contribution in [2.45, 2.75) is 82.6 Å². The van der Waals surface area contributed by atoms with E-state index in [9.17, 15) is 4.79 Å². The van der Waals surface area contributed by atoms with E-state index in [-0.39, 0.29) is 22.3 Å². The van der Waals surface area contributed by atoms with E-state index in [0.29, 0.717) is 6.61 Å². The molecule has 3 nitrogen and oxygen atoms in total. The molecule has 0 aromatic carbocycles. The van der Waals surface area contributed by atoms with Crippen molar-refractivity contribution in [1.82, 2.24) is 5.32 Å². The maximum absolute atomic E-state index is 11.1. The Kier molecular flexibility index (Phi) is 13.1. The topological polar surface area (TPSA) is 38.3 Å². The lowest BCUT2D eigenvalue weighted by atomic mass is 9.62. The molecule has 1 amide bonds. The molecular formula is C18H41NO2. The lowest BCUT2D eigenvalue weighted by Crippen LogP contribution is -2.37. The SMILES string of the molecule is CC.CC.CNC(=O)OCC(C)(C)CC(C)(C)C(C)(C)C. The molecule has 0 atom stereocenters. The zero-order valence-corrected chi connectivity index (χ0v) is 16.7. The van der Waals surface area contributed by atoms with Crippen LogP contribution in [0.4, 0.5) is 4.79 Å². The minimum absolute atomic E-state index is 0.0106. The molecule has 0 fully saturated rings. The summed E-state index contributed by atoms with van der Waals surface area (Å²) in [6, 6.07) is 0. The smallest absolute Gasteiger partial charge is 0.406 e. The molecule has 0 aromatic rings. The molecule has 0 bridgehead atoms. The summed E-state index contributed by atoms with van der Waals surface area (Å²) < 4.78 is 5.16. The molecule has 0 spiro atoms. The fourth-order valence-corrected chi connectivity index (χ4v) is 1.85. The Morgan fingerprint density at radius 3 is 1.57 bits per heavy atom. The first kappa shape index (κ1) is 25.2. The number of hydrogen-bond acceptors (Lipinski definition) is 2. The minimum atomic E-state index is -0.355. The largest absolute Gasteiger partial charge is 0.449 e. The maximum Gasteiger partial charge on any atom is 0.406 e. The second kappa shape index (κ2) is 10.9. The molecule has 0 saturated heterocycles. The summed E-state index contributed by atoms with van der Waals surface area (Å²) in [4.78, 5) is 11.1. The van der Waals surface area contributed by atoms with E-state index in [1.807, 2.05) is 27.7 Å². The Labute approximate surface area is 134 Å². The second-order valence-electron chi connectivity index (χ2n) is 7.30. The third kappa shape index (κ3) is 11.6. The molecule has 21 heavy (non-hydrogen) atoms. The van der Waals surface area contributed by atoms with Crippen LogP contribution in [0.3, 0.4) is 0 Å². The highest BCUT2D eigenvalue weighted by molar-refractivity contribution is 5.66. The number of hydrogen-bond donors (Lipinski definition) is 1. The van der Waals surface area contributed by atoms with E-state index in [1.165, 1.54) is 0 Å². The molecule has 0 unspecified atom stereocenters. The monoisotopic (exact) mass is 303 g/mol. The van der Waals surface area contributed by atoms with Gasteiger partial charge in [0.1, 0.15) is 0 Å². The fourth-order valence-electron chi connectivity index (χ4n) is 1.85. The van der Waals surface area contributed by atoms with Gasteiger partial charge in [-0.05, 0) is 22.7 Å². The van der Waals surface area contributed by atoms with Gasteiger partial charge < -0.3 is 10.1 Å². The first-order valence-corrected chi connectivity index (χ1v) is 8.26. The fraction of sp³-hybridized carbons (Fsp3) is 0.944. The number of carbonyl (C=O) groups excluding carboxylic acids is 1. The van der Waals surface area contributed by atoms with Gasteiger partial charge in [-0.25, -0.2) is 4.79 Å². The van der Waals surface area contributed by atoms with Gasteiger partial charge in [0.2, 0.25) is 0 Å². The van der Waals surface area contributed by atoms with Gasteiger partial charge in [-0.15, -0.1) is 0 Å². The molecule has 0 saturated carbocycles. The molecule has 0 rings (SSSR count). The Bertz CT molecular complexity index is 263. The number of rotatable bonds is 4. The highest BCUT2D eigenvalue weighted by Gasteiger charge is 2.38. The first-order valence-electron chi connectivity index (χ1n) is 8.26. The molecule has 0 heterocycles. The van der Waals surface area contributed by atoms with E-state index in [1.54, 1.807) is 7.05 Å². The summed E-state index contributed by atoms with van der Waals surface area (Å²) in [5.74, 6) is 0. The average Bonchev–Trinajstić information content (AvgIpc) is 2.38. The molecule has 0 aromatic heterocycles. The predicted molar refractivity (Wildman–Crippen MR) is 94.7 cm³/mol. The van der Waals surface area contributed by atoms with Crippen LogP contribution in [0.15, 0.2) is 0 Å². The lowest BCUT2D eigenvalue weighted by Gasteiger charge is -2.43. The minimum Gasteiger partial charge on any atom is -0.449 e. The van der Waals surface area contributed by atoms with Crippen LogP contribution in [-0.2, 0) is 4.74 Å². The van der Waals surface area contributed by atoms with E-state index < -0.39 is 0 Å². The first-order chi connectivity index (χ1) is 9.41. The summed E-state index contributed by atoms with van der Waals surface area (Å²) in [7, 11) is 1.58. The van der Waals surface area contributed by atoms with Gasteiger partial charge in [0.05, 0.1) is 6.61 Å². The van der Waals surface area contributed by atoms with Gasteiger partial charge >= 0.3 is 6.09 Å². The summed E-state index contributed by atoms with van der Waals surface area (Å²) in [6.07, 6.45) is 0.659. The number of alkyl carbamates (subject to hydrolysis) is 1. The van der Waals surface area contributed by atoms with Gasteiger partial charge in [0.25, 0.3) is 0 Å². The summed E-state index contributed by atoms with van der Waals surface area (Å²) in [5.41, 5.74) is 0.420. The van der Waals surface area contributed by atoms with Crippen LogP contribution < -0.4 is 5.32 Å². The van der Waals surface area contributed by atoms with E-state index in [0.717, 1.165) is 6.42 Å². The van der Waals surface area contributed by atoms with Crippen LogP contribution in [0.2, 0.25) is 0 Å². The third-order valence-electron chi connectivity index (χ3n) is 3.75. The van der Waals surface area contributed by atoms with Gasteiger partial charge in [0, 0.05) is 7.05 Å². The van der Waals surface area contributed by atoms with Crippen molar-refractivity contribution in [3.05, 3.63) is 0 Å². The Hall–Kier alpha value is -0.730. The second-order valence-corrected chi connectivity index (χ2v) is 7.30. The third-order valence-corrected chi connectivity index (χ3v) is 3.75. The van der Waals surface area contributed by atoms with Crippen LogP contribution >= 0.6 is 0 Å². The quantitative estimate of drug-likeness (QED) is 0.704. The van der Waals surface area contributed by atoms with E-state index >= 15 is 0 Å². The molecule has 3 heteroatoms. The Balaban J connectivity index is -0.000000739. The Morgan fingerprint density at radius 2 is 1.29 bits per heavy atom. The zero-order valence-electron chi connectivity index (χ0n) is 16.7. The van der Waals surface area contributed by atoms with E-state index in [2.05, 4.69) is 53.8 Å². The summed E-state index contributed by atoms with van der Waals surface area (Å²) >= 11 is 0. The highest BCUT2D eigenvalue weighted by atomic mass is 16.5. The summed E-state index contributed by atoms with van der Waals surface area (Å²) in [5, 5.41) is 2.47. The van der Waals surface area contributed by atoms with Crippen LogP contribution in [0, 0.1) is 16.2 Å². The lowest BCUT2D eigenvalue weighted by molar-refractivity contribution is 0.0281. The van der Waals surface area contributed by atoms with Gasteiger partial charge in [0.15, 0.2) is 0 Å². The van der Waals surface area contributed by atoms with Crippen molar-refractivity contribution in [2.75, 3.05) is 13.7 Å². The van der Waals surface area contributed by atoms with Crippen LogP contribution in [0.25, 0.3) is 0 Å². The van der Waals surface area contributed by atoms with Crippen molar-refractivity contribution in [3.8, 4) is 0 Å². The number of ether oxygens (including phenoxy) is 1. The van der Waals surface area contributed by atoms with Crippen molar-refractivity contribution in [1.29, 1.82) is 0 Å². The van der Waals surface area contributed by atoms with Gasteiger partial charge in [-0.2, -0.15) is 0 Å². The van der Waals surface area contributed by atoms with Crippen molar-refractivity contribution in [3.63, 3.8) is 0 Å². The Morgan fingerprint density at radius 1 is 0.905 bits per heavy atom. The van der Waals surface area contributed by atoms with Gasteiger partial charge in [-0.1, -0.05) is 76.2 Å². The number of carbonyl (C=O) groups is 1. The normalized spacial score (nSPS) is 11.4. The standard InChI is InChI=1S/C14H29NO2.2C2H6/c1-12(2,3)14(6,7)9-13(4,5)10-17-11(16)15-8;2*1-2/h9-10H2,1-8H3,(H,15,16);2*1-2H3. The molecule has 0 aliphatic heterocycles. The number of nitrogens with one attached hydrogen (secondary N) is 1. The summed E-state index contributed by atoms with van der Waals surface area (Å²) in [6.45, 7) is 24.0. The van der Waals surface area contributed by atoms with Crippen LogP contribution in [-0.4, -0.2) is 19.7 Å². The molecule has 0 aliphatic rings. The van der Waals surface area contributed by atoms with Crippen molar-refractivity contribution in [2.24, 2.45) is 16.2 Å². The van der Waals surface area contributed by atoms with Crippen molar-refractivity contribution >= 4 is 6.09 Å². The zero-order chi connectivity index (χ0) is 17.9. The molecule has 0 radical (unpaired) electrons. The molecular weight excluding hydrogens is 262 g/mol. The average molecular weight is 304 g/mol. The molecule has 1 N–H and O–H groups in total. The van der Waals surface area contributed by atoms with Crippen molar-refractivity contribution < 1.29 is 9.53 Å². The number of amides is 1. The molecule has 130 valence electrons.